The van der Waals surface area contributed by atoms with E-state index in [0.717, 1.165) is 41.0 Å². The van der Waals surface area contributed by atoms with Gasteiger partial charge in [0.2, 0.25) is 5.88 Å². The number of carbonyl (C=O) groups is 1. The minimum Gasteiger partial charge on any atom is -0.390 e. The van der Waals surface area contributed by atoms with Gasteiger partial charge in [0, 0.05) is 17.8 Å². The number of aromatic nitrogens is 2. The van der Waals surface area contributed by atoms with Crippen molar-refractivity contribution >= 4 is 23.4 Å². The monoisotopic (exact) mass is 429 g/mol. The third-order valence-corrected chi connectivity index (χ3v) is 5.72. The highest BCUT2D eigenvalue weighted by Gasteiger charge is 2.29. The Bertz CT molecular complexity index is 1270. The van der Waals surface area contributed by atoms with Crippen LogP contribution in [0.5, 0.6) is 5.88 Å². The molecule has 1 aliphatic carbocycles. The van der Waals surface area contributed by atoms with Gasteiger partial charge in [0.1, 0.15) is 0 Å². The van der Waals surface area contributed by atoms with Gasteiger partial charge in [-0.05, 0) is 54.3 Å². The van der Waals surface area contributed by atoms with Crippen LogP contribution in [0.3, 0.4) is 0 Å². The standard InChI is InChI=1S/C25H20ClN3O2/c1-28(19-10-3-2-4-11-19)25(30)31-24-23-21-13-6-5-8-17(21)14-15-22(23)27-29(24)20-12-7-9-18(26)16-20/h2-13,16H,14-15H2,1H3. The maximum absolute atomic E-state index is 13.1. The van der Waals surface area contributed by atoms with Crippen LogP contribution in [0.2, 0.25) is 5.02 Å². The van der Waals surface area contributed by atoms with Gasteiger partial charge in [-0.15, -0.1) is 0 Å². The molecule has 5 nitrogen and oxygen atoms in total. The summed E-state index contributed by atoms with van der Waals surface area (Å²) in [5, 5.41) is 5.40. The lowest BCUT2D eigenvalue weighted by Crippen LogP contribution is -2.30. The highest BCUT2D eigenvalue weighted by atomic mass is 35.5. The van der Waals surface area contributed by atoms with Crippen molar-refractivity contribution in [2.45, 2.75) is 12.8 Å². The molecule has 1 aromatic heterocycles. The number of rotatable bonds is 3. The Kier molecular flexibility index (Phi) is 4.96. The van der Waals surface area contributed by atoms with E-state index in [1.165, 1.54) is 10.5 Å². The van der Waals surface area contributed by atoms with Crippen LogP contribution >= 0.6 is 11.6 Å². The molecule has 0 saturated heterocycles. The molecule has 3 aromatic carbocycles. The molecule has 0 N–H and O–H groups in total. The number of halogens is 1. The van der Waals surface area contributed by atoms with E-state index in [1.807, 2.05) is 60.7 Å². The minimum atomic E-state index is -0.486. The lowest BCUT2D eigenvalue weighted by atomic mass is 9.90. The Balaban J connectivity index is 1.63. The smallest absolute Gasteiger partial charge is 0.390 e. The van der Waals surface area contributed by atoms with E-state index in [0.29, 0.717) is 10.9 Å². The van der Waals surface area contributed by atoms with Gasteiger partial charge in [-0.25, -0.2) is 4.79 Å². The predicted molar refractivity (Wildman–Crippen MR) is 122 cm³/mol. The molecule has 1 aliphatic rings. The Labute approximate surface area is 185 Å². The van der Waals surface area contributed by atoms with Gasteiger partial charge in [0.05, 0.1) is 16.9 Å². The van der Waals surface area contributed by atoms with Crippen molar-refractivity contribution in [1.82, 2.24) is 9.78 Å². The van der Waals surface area contributed by atoms with Gasteiger partial charge in [-0.1, -0.05) is 60.1 Å². The fourth-order valence-electron chi connectivity index (χ4n) is 3.91. The van der Waals surface area contributed by atoms with Crippen LogP contribution < -0.4 is 9.64 Å². The Morgan fingerprint density at radius 3 is 2.58 bits per heavy atom. The van der Waals surface area contributed by atoms with Crippen LogP contribution in [0.1, 0.15) is 11.3 Å². The minimum absolute atomic E-state index is 0.400. The fourth-order valence-corrected chi connectivity index (χ4v) is 4.10. The molecule has 31 heavy (non-hydrogen) atoms. The average Bonchev–Trinajstić information content (AvgIpc) is 3.18. The largest absolute Gasteiger partial charge is 0.420 e. The normalized spacial score (nSPS) is 12.1. The molecule has 0 atom stereocenters. The van der Waals surface area contributed by atoms with Crippen molar-refractivity contribution in [1.29, 1.82) is 0 Å². The summed E-state index contributed by atoms with van der Waals surface area (Å²) in [4.78, 5) is 14.6. The Morgan fingerprint density at radius 1 is 1.00 bits per heavy atom. The third kappa shape index (κ3) is 3.57. The van der Waals surface area contributed by atoms with Crippen molar-refractivity contribution in [2.75, 3.05) is 11.9 Å². The highest BCUT2D eigenvalue weighted by molar-refractivity contribution is 6.30. The van der Waals surface area contributed by atoms with Gasteiger partial charge >= 0.3 is 6.09 Å². The van der Waals surface area contributed by atoms with E-state index in [9.17, 15) is 4.79 Å². The topological polar surface area (TPSA) is 47.4 Å². The molecule has 1 amide bonds. The molecule has 4 aromatic rings. The molecular weight excluding hydrogens is 410 g/mol. The molecule has 0 spiro atoms. The van der Waals surface area contributed by atoms with Crippen molar-refractivity contribution in [2.24, 2.45) is 0 Å². The van der Waals surface area contributed by atoms with Gasteiger partial charge in [-0.3, -0.25) is 4.90 Å². The number of aryl methyl sites for hydroxylation is 2. The molecular formula is C25H20ClN3O2. The van der Waals surface area contributed by atoms with E-state index in [1.54, 1.807) is 17.8 Å². The summed E-state index contributed by atoms with van der Waals surface area (Å²) in [6.45, 7) is 0. The first-order valence-corrected chi connectivity index (χ1v) is 10.5. The highest BCUT2D eigenvalue weighted by Crippen LogP contribution is 2.41. The molecule has 0 saturated carbocycles. The molecule has 0 aliphatic heterocycles. The molecule has 0 unspecified atom stereocenters. The maximum atomic E-state index is 13.1. The van der Waals surface area contributed by atoms with Crippen LogP contribution in [-0.4, -0.2) is 22.9 Å². The third-order valence-electron chi connectivity index (χ3n) is 5.49. The van der Waals surface area contributed by atoms with Gasteiger partial charge in [0.15, 0.2) is 0 Å². The van der Waals surface area contributed by atoms with Crippen LogP contribution in [0.25, 0.3) is 16.8 Å². The van der Waals surface area contributed by atoms with Crippen LogP contribution in [0.15, 0.2) is 78.9 Å². The summed E-state index contributed by atoms with van der Waals surface area (Å²) in [7, 11) is 1.69. The van der Waals surface area contributed by atoms with Gasteiger partial charge < -0.3 is 4.74 Å². The van der Waals surface area contributed by atoms with Gasteiger partial charge in [0.25, 0.3) is 0 Å². The van der Waals surface area contributed by atoms with Crippen molar-refractivity contribution in [3.63, 3.8) is 0 Å². The van der Waals surface area contributed by atoms with E-state index < -0.39 is 6.09 Å². The lowest BCUT2D eigenvalue weighted by Gasteiger charge is -2.19. The molecule has 6 heteroatoms. The van der Waals surface area contributed by atoms with Crippen LogP contribution in [0.4, 0.5) is 10.5 Å². The summed E-state index contributed by atoms with van der Waals surface area (Å²) in [5.41, 5.74) is 5.51. The predicted octanol–water partition coefficient (Wildman–Crippen LogP) is 5.93. The maximum Gasteiger partial charge on any atom is 0.420 e. The first kappa shape index (κ1) is 19.4. The molecule has 154 valence electrons. The fraction of sp³-hybridized carbons (Fsp3) is 0.120. The van der Waals surface area contributed by atoms with Crippen molar-refractivity contribution < 1.29 is 9.53 Å². The summed E-state index contributed by atoms with van der Waals surface area (Å²) >= 11 is 6.23. The Morgan fingerprint density at radius 2 is 1.77 bits per heavy atom. The first-order valence-electron chi connectivity index (χ1n) is 10.1. The average molecular weight is 430 g/mol. The number of amides is 1. The number of anilines is 1. The van der Waals surface area contributed by atoms with Gasteiger partial charge in [-0.2, -0.15) is 9.78 Å². The van der Waals surface area contributed by atoms with Crippen LogP contribution in [-0.2, 0) is 12.8 Å². The molecule has 0 bridgehead atoms. The number of hydrogen-bond donors (Lipinski definition) is 0. The molecule has 5 rings (SSSR count). The number of benzene rings is 3. The summed E-state index contributed by atoms with van der Waals surface area (Å²) in [5.74, 6) is 0.400. The van der Waals surface area contributed by atoms with E-state index in [2.05, 4.69) is 12.1 Å². The summed E-state index contributed by atoms with van der Waals surface area (Å²) in [6.07, 6.45) is 1.19. The quantitative estimate of drug-likeness (QED) is 0.405. The molecule has 1 heterocycles. The number of para-hydroxylation sites is 1. The van der Waals surface area contributed by atoms with Crippen molar-refractivity contribution in [3.05, 3.63) is 95.1 Å². The summed E-state index contributed by atoms with van der Waals surface area (Å²) < 4.78 is 7.67. The second-order valence-corrected chi connectivity index (χ2v) is 7.87. The zero-order valence-corrected chi connectivity index (χ0v) is 17.7. The Hall–Kier alpha value is -3.57. The zero-order chi connectivity index (χ0) is 21.4. The SMILES string of the molecule is CN(C(=O)Oc1c2c(nn1-c1cccc(Cl)c1)CCc1ccccc1-2)c1ccccc1. The second-order valence-electron chi connectivity index (χ2n) is 7.44. The van der Waals surface area contributed by atoms with Crippen LogP contribution in [0, 0.1) is 0 Å². The molecule has 0 radical (unpaired) electrons. The second kappa shape index (κ2) is 7.93. The number of hydrogen-bond acceptors (Lipinski definition) is 3. The number of ether oxygens (including phenoxy) is 1. The summed E-state index contributed by atoms with van der Waals surface area (Å²) in [6, 6.07) is 24.9. The van der Waals surface area contributed by atoms with E-state index >= 15 is 0 Å². The lowest BCUT2D eigenvalue weighted by molar-refractivity contribution is 0.206. The number of fused-ring (bicyclic) bond motifs is 3. The van der Waals surface area contributed by atoms with E-state index in [4.69, 9.17) is 21.4 Å². The zero-order valence-electron chi connectivity index (χ0n) is 17.0. The molecule has 0 fully saturated rings. The first-order chi connectivity index (χ1) is 15.1. The number of nitrogens with zero attached hydrogens (tertiary/aromatic N) is 3. The van der Waals surface area contributed by atoms with E-state index in [-0.39, 0.29) is 0 Å². The van der Waals surface area contributed by atoms with Crippen molar-refractivity contribution in [3.8, 4) is 22.7 Å². The number of carbonyl (C=O) groups excluding carboxylic acids is 1.